The van der Waals surface area contributed by atoms with Crippen molar-refractivity contribution in [2.45, 2.75) is 33.3 Å². The Morgan fingerprint density at radius 1 is 1.02 bits per heavy atom. The van der Waals surface area contributed by atoms with Gasteiger partial charge in [0.2, 0.25) is 5.78 Å². The van der Waals surface area contributed by atoms with Crippen molar-refractivity contribution >= 4 is 44.6 Å². The van der Waals surface area contributed by atoms with Gasteiger partial charge in [0.15, 0.2) is 17.5 Å². The predicted octanol–water partition coefficient (Wildman–Crippen LogP) is 4.94. The molecule has 4 heterocycles. The Labute approximate surface area is 269 Å². The van der Waals surface area contributed by atoms with E-state index in [-0.39, 0.29) is 29.0 Å². The minimum Gasteiger partial charge on any atom is -0.444 e. The van der Waals surface area contributed by atoms with Crippen LogP contribution in [-0.2, 0) is 14.9 Å². The van der Waals surface area contributed by atoms with Crippen molar-refractivity contribution in [1.82, 2.24) is 24.2 Å². The van der Waals surface area contributed by atoms with Gasteiger partial charge in [-0.25, -0.2) is 27.9 Å². The average molecular weight is 674 g/mol. The quantitative estimate of drug-likeness (QED) is 0.251. The van der Waals surface area contributed by atoms with Crippen molar-refractivity contribution in [2.75, 3.05) is 49.4 Å². The number of aromatic amines is 1. The van der Waals surface area contributed by atoms with E-state index in [1.165, 1.54) is 37.8 Å². The summed E-state index contributed by atoms with van der Waals surface area (Å²) in [5.41, 5.74) is -1.38. The molecule has 4 aromatic rings. The Bertz CT molecular complexity index is 1950. The van der Waals surface area contributed by atoms with Crippen LogP contribution in [0.15, 0.2) is 42.9 Å². The molecule has 0 aliphatic carbocycles. The highest BCUT2D eigenvalue weighted by molar-refractivity contribution is 7.90. The first-order chi connectivity index (χ1) is 22.1. The molecule has 12 nitrogen and oxygen atoms in total. The number of piperazine rings is 1. The number of carbonyl (C=O) groups excluding carboxylic acids is 2. The molecular formula is C31H34F3N7O5S. The van der Waals surface area contributed by atoms with E-state index >= 15 is 8.78 Å². The Balaban J connectivity index is 1.39. The van der Waals surface area contributed by atoms with Crippen LogP contribution in [0, 0.1) is 17.5 Å². The minimum absolute atomic E-state index is 0.0869. The summed E-state index contributed by atoms with van der Waals surface area (Å²) < 4.78 is 79.0. The lowest BCUT2D eigenvalue weighted by molar-refractivity contribution is 0.0240. The third-order valence-electron chi connectivity index (χ3n) is 7.57. The fraction of sp³-hybridized carbons (Fsp3) is 0.355. The van der Waals surface area contributed by atoms with Crippen molar-refractivity contribution < 1.29 is 35.9 Å². The van der Waals surface area contributed by atoms with Crippen molar-refractivity contribution in [3.8, 4) is 11.1 Å². The highest BCUT2D eigenvalue weighted by atomic mass is 32.2. The Kier molecular flexibility index (Phi) is 9.19. The topological polar surface area (TPSA) is 141 Å². The lowest BCUT2D eigenvalue weighted by Crippen LogP contribution is -2.50. The number of hydrogen-bond donors (Lipinski definition) is 2. The normalized spacial score (nSPS) is 14.1. The van der Waals surface area contributed by atoms with Crippen LogP contribution >= 0.6 is 0 Å². The van der Waals surface area contributed by atoms with Crippen LogP contribution < -0.4 is 9.62 Å². The smallest absolute Gasteiger partial charge is 0.410 e. The van der Waals surface area contributed by atoms with E-state index < -0.39 is 56.4 Å². The fourth-order valence-corrected chi connectivity index (χ4v) is 5.89. The van der Waals surface area contributed by atoms with Gasteiger partial charge in [-0.15, -0.1) is 0 Å². The number of aromatic nitrogens is 3. The molecule has 1 aliphatic rings. The third kappa shape index (κ3) is 7.02. The number of amides is 1. The largest absolute Gasteiger partial charge is 0.444 e. The molecule has 1 saturated heterocycles. The van der Waals surface area contributed by atoms with Crippen molar-refractivity contribution in [3.63, 3.8) is 0 Å². The van der Waals surface area contributed by atoms with Crippen LogP contribution in [0.3, 0.4) is 0 Å². The van der Waals surface area contributed by atoms with E-state index in [1.54, 1.807) is 37.5 Å². The van der Waals surface area contributed by atoms with Gasteiger partial charge in [0.1, 0.15) is 17.1 Å². The molecule has 0 unspecified atom stereocenters. The first-order valence-electron chi connectivity index (χ1n) is 14.7. The fourth-order valence-electron chi connectivity index (χ4n) is 4.96. The molecule has 5 rings (SSSR count). The maximum absolute atomic E-state index is 15.5. The van der Waals surface area contributed by atoms with E-state index in [4.69, 9.17) is 4.74 Å². The summed E-state index contributed by atoms with van der Waals surface area (Å²) >= 11 is 0. The molecule has 250 valence electrons. The number of fused-ring (bicyclic) bond motifs is 1. The lowest BCUT2D eigenvalue weighted by Gasteiger charge is -2.36. The second-order valence-electron chi connectivity index (χ2n) is 11.9. The molecular weight excluding hydrogens is 639 g/mol. The molecule has 1 aromatic carbocycles. The number of carbonyl (C=O) groups is 2. The van der Waals surface area contributed by atoms with Crippen LogP contribution in [0.1, 0.15) is 43.6 Å². The number of ketones is 1. The van der Waals surface area contributed by atoms with E-state index in [0.29, 0.717) is 37.3 Å². The summed E-state index contributed by atoms with van der Waals surface area (Å²) in [4.78, 5) is 40.6. The maximum atomic E-state index is 15.5. The van der Waals surface area contributed by atoms with Crippen LogP contribution in [0.4, 0.5) is 29.5 Å². The molecule has 0 atom stereocenters. The summed E-state index contributed by atoms with van der Waals surface area (Å²) in [5.74, 6) is -4.13. The molecule has 0 saturated carbocycles. The molecule has 0 spiro atoms. The van der Waals surface area contributed by atoms with Crippen LogP contribution in [0.5, 0.6) is 0 Å². The van der Waals surface area contributed by atoms with E-state index in [0.717, 1.165) is 16.4 Å². The Morgan fingerprint density at radius 2 is 1.68 bits per heavy atom. The molecule has 47 heavy (non-hydrogen) atoms. The summed E-state index contributed by atoms with van der Waals surface area (Å²) in [6.45, 7) is 8.35. The highest BCUT2D eigenvalue weighted by Gasteiger charge is 2.29. The summed E-state index contributed by atoms with van der Waals surface area (Å²) in [6, 6.07) is 4.47. The Morgan fingerprint density at radius 3 is 2.32 bits per heavy atom. The molecule has 3 aromatic heterocycles. The number of anilines is 2. The van der Waals surface area contributed by atoms with Gasteiger partial charge >= 0.3 is 16.3 Å². The van der Waals surface area contributed by atoms with Crippen molar-refractivity contribution in [2.24, 2.45) is 0 Å². The zero-order chi connectivity index (χ0) is 34.3. The standard InChI is InChI=1S/C31H34F3N7O5S/c1-6-39(5)47(44,45)38-24-8-7-22(32)25(26(24)34)27(42)21-17-36-28-20(21)13-18(15-35-28)19-14-23(33)29(37-16-19)40-9-11-41(12-10-40)30(43)46-31(2,3)4/h7-8,13-17,38H,6,9-12H2,1-5H3,(H,35,36). The number of benzene rings is 1. The zero-order valence-electron chi connectivity index (χ0n) is 26.4. The van der Waals surface area contributed by atoms with Gasteiger partial charge in [-0.1, -0.05) is 6.92 Å². The Hall–Kier alpha value is -4.70. The number of H-pyrrole nitrogens is 1. The van der Waals surface area contributed by atoms with Crippen LogP contribution in [0.2, 0.25) is 0 Å². The number of rotatable bonds is 8. The molecule has 0 radical (unpaired) electrons. The number of hydrogen-bond acceptors (Lipinski definition) is 8. The second kappa shape index (κ2) is 12.8. The molecule has 0 bridgehead atoms. The van der Waals surface area contributed by atoms with Crippen LogP contribution in [0.25, 0.3) is 22.2 Å². The molecule has 2 N–H and O–H groups in total. The number of halogens is 3. The summed E-state index contributed by atoms with van der Waals surface area (Å²) in [7, 11) is -2.88. The van der Waals surface area contributed by atoms with Crippen molar-refractivity contribution in [3.05, 3.63) is 71.4 Å². The molecule has 16 heteroatoms. The summed E-state index contributed by atoms with van der Waals surface area (Å²) in [6.07, 6.45) is 3.68. The van der Waals surface area contributed by atoms with E-state index in [2.05, 4.69) is 15.0 Å². The number of ether oxygens (including phenoxy) is 1. The maximum Gasteiger partial charge on any atom is 0.410 e. The molecule has 1 amide bonds. The van der Waals surface area contributed by atoms with Gasteiger partial charge in [-0.3, -0.25) is 9.52 Å². The highest BCUT2D eigenvalue weighted by Crippen LogP contribution is 2.31. The SMILES string of the molecule is CCN(C)S(=O)(=O)Nc1ccc(F)c(C(=O)c2c[nH]c3ncc(-c4cnc(N5CCN(C(=O)OC(C)(C)C)CC5)c(F)c4)cc23)c1F. The van der Waals surface area contributed by atoms with E-state index in [9.17, 15) is 22.4 Å². The van der Waals surface area contributed by atoms with E-state index in [1.807, 2.05) is 4.72 Å². The number of nitrogens with one attached hydrogen (secondary N) is 2. The van der Waals surface area contributed by atoms with Crippen LogP contribution in [-0.4, -0.2) is 89.8 Å². The second-order valence-corrected chi connectivity index (χ2v) is 13.7. The number of nitrogens with zero attached hydrogens (tertiary/aromatic N) is 5. The van der Waals surface area contributed by atoms with Gasteiger partial charge < -0.3 is 19.5 Å². The van der Waals surface area contributed by atoms with Gasteiger partial charge in [-0.05, 0) is 45.0 Å². The number of pyridine rings is 2. The van der Waals surface area contributed by atoms with Gasteiger partial charge in [0, 0.05) is 80.4 Å². The average Bonchev–Trinajstić information content (AvgIpc) is 3.44. The van der Waals surface area contributed by atoms with Gasteiger partial charge in [0.05, 0.1) is 11.3 Å². The summed E-state index contributed by atoms with van der Waals surface area (Å²) in [5, 5.41) is 0.200. The lowest BCUT2D eigenvalue weighted by atomic mass is 10.00. The first kappa shape index (κ1) is 33.7. The first-order valence-corrected chi connectivity index (χ1v) is 16.2. The van der Waals surface area contributed by atoms with Crippen molar-refractivity contribution in [1.29, 1.82) is 0 Å². The monoisotopic (exact) mass is 673 g/mol. The molecule has 1 aliphatic heterocycles. The molecule has 1 fully saturated rings. The third-order valence-corrected chi connectivity index (χ3v) is 9.13. The van der Waals surface area contributed by atoms with Gasteiger partial charge in [-0.2, -0.15) is 12.7 Å². The predicted molar refractivity (Wildman–Crippen MR) is 170 cm³/mol. The van der Waals surface area contributed by atoms with Gasteiger partial charge in [0.25, 0.3) is 0 Å². The zero-order valence-corrected chi connectivity index (χ0v) is 27.2. The minimum atomic E-state index is -4.16.